The Bertz CT molecular complexity index is 590. The van der Waals surface area contributed by atoms with Crippen molar-refractivity contribution in [2.45, 2.75) is 31.7 Å². The molecule has 0 aliphatic heterocycles. The van der Waals surface area contributed by atoms with Crippen molar-refractivity contribution in [3.05, 3.63) is 45.4 Å². The second-order valence-electron chi connectivity index (χ2n) is 5.82. The van der Waals surface area contributed by atoms with E-state index >= 15 is 0 Å². The number of nitrogens with one attached hydrogen (secondary N) is 1. The lowest BCUT2D eigenvalue weighted by Gasteiger charge is -2.49. The predicted octanol–water partition coefficient (Wildman–Crippen LogP) is 1.05. The van der Waals surface area contributed by atoms with E-state index < -0.39 is 5.54 Å². The highest BCUT2D eigenvalue weighted by Crippen LogP contribution is 2.50. The van der Waals surface area contributed by atoms with Gasteiger partial charge in [-0.3, -0.25) is 4.79 Å². The van der Waals surface area contributed by atoms with Gasteiger partial charge >= 0.3 is 0 Å². The van der Waals surface area contributed by atoms with Gasteiger partial charge in [-0.25, -0.2) is 0 Å². The van der Waals surface area contributed by atoms with Gasteiger partial charge in [-0.2, -0.15) is 0 Å². The third-order valence-electron chi connectivity index (χ3n) is 4.68. The summed E-state index contributed by atoms with van der Waals surface area (Å²) < 4.78 is 0. The standard InChI is InChI=1S/C15H20N2O2/c1-2-11-10-5-9(8-18)7-15(11,16)12-3-4-14(19)17-13(12)6-10/h2-4,9-10,18H,5-8,16H2,1H3,(H,17,19)/b11-2+/t9-,10+,15-/m1/s1. The van der Waals surface area contributed by atoms with Crippen LogP contribution < -0.4 is 11.3 Å². The van der Waals surface area contributed by atoms with E-state index in [1.807, 2.05) is 13.0 Å². The Balaban J connectivity index is 2.18. The van der Waals surface area contributed by atoms with E-state index in [0.717, 1.165) is 30.5 Å². The maximum absolute atomic E-state index is 11.5. The van der Waals surface area contributed by atoms with Crippen molar-refractivity contribution in [1.82, 2.24) is 4.98 Å². The maximum Gasteiger partial charge on any atom is 0.248 e. The van der Waals surface area contributed by atoms with Crippen LogP contribution in [0.15, 0.2) is 28.6 Å². The lowest BCUT2D eigenvalue weighted by atomic mass is 9.59. The number of aromatic nitrogens is 1. The van der Waals surface area contributed by atoms with E-state index in [1.54, 1.807) is 6.07 Å². The number of rotatable bonds is 1. The minimum atomic E-state index is -0.525. The number of H-pyrrole nitrogens is 1. The van der Waals surface area contributed by atoms with Crippen molar-refractivity contribution in [3.8, 4) is 0 Å². The van der Waals surface area contributed by atoms with Crippen LogP contribution in [-0.2, 0) is 12.0 Å². The molecule has 1 saturated carbocycles. The highest BCUT2D eigenvalue weighted by atomic mass is 16.3. The van der Waals surface area contributed by atoms with Gasteiger partial charge in [-0.1, -0.05) is 6.08 Å². The van der Waals surface area contributed by atoms with Gasteiger partial charge in [0.25, 0.3) is 0 Å². The average Bonchev–Trinajstić information content (AvgIpc) is 2.37. The van der Waals surface area contributed by atoms with Crippen molar-refractivity contribution in [2.24, 2.45) is 17.6 Å². The second kappa shape index (κ2) is 4.32. The van der Waals surface area contributed by atoms with E-state index in [1.165, 1.54) is 5.57 Å². The molecule has 0 unspecified atom stereocenters. The van der Waals surface area contributed by atoms with Crippen molar-refractivity contribution >= 4 is 0 Å². The lowest BCUT2D eigenvalue weighted by molar-refractivity contribution is 0.138. The molecular formula is C15H20N2O2. The zero-order valence-corrected chi connectivity index (χ0v) is 11.1. The molecule has 1 aromatic heterocycles. The smallest absolute Gasteiger partial charge is 0.248 e. The number of aromatic amines is 1. The van der Waals surface area contributed by atoms with E-state index in [0.29, 0.717) is 5.92 Å². The zero-order valence-electron chi connectivity index (χ0n) is 11.1. The Kier molecular flexibility index (Phi) is 2.87. The number of aliphatic hydroxyl groups excluding tert-OH is 1. The monoisotopic (exact) mass is 260 g/mol. The molecule has 2 aliphatic carbocycles. The quantitative estimate of drug-likeness (QED) is 0.660. The Labute approximate surface area is 112 Å². The van der Waals surface area contributed by atoms with Crippen LogP contribution in [0.3, 0.4) is 0 Å². The number of hydrogen-bond acceptors (Lipinski definition) is 3. The Morgan fingerprint density at radius 1 is 1.58 bits per heavy atom. The summed E-state index contributed by atoms with van der Waals surface area (Å²) in [4.78, 5) is 14.4. The topological polar surface area (TPSA) is 79.1 Å². The van der Waals surface area contributed by atoms with Crippen LogP contribution in [0.2, 0.25) is 0 Å². The molecule has 1 aromatic rings. The molecule has 19 heavy (non-hydrogen) atoms. The van der Waals surface area contributed by atoms with Crippen LogP contribution in [0.25, 0.3) is 0 Å². The molecule has 2 bridgehead atoms. The SMILES string of the molecule is C/C=C1\[C@@H]2Cc3[nH]c(=O)ccc3[C@@]1(N)C[C@H](CO)C2. The molecule has 4 N–H and O–H groups in total. The molecule has 4 heteroatoms. The lowest BCUT2D eigenvalue weighted by Crippen LogP contribution is -2.51. The third-order valence-corrected chi connectivity index (χ3v) is 4.68. The van der Waals surface area contributed by atoms with E-state index in [4.69, 9.17) is 5.73 Å². The number of fused-ring (bicyclic) bond motifs is 4. The van der Waals surface area contributed by atoms with E-state index in [2.05, 4.69) is 11.1 Å². The minimum absolute atomic E-state index is 0.0666. The minimum Gasteiger partial charge on any atom is -0.396 e. The van der Waals surface area contributed by atoms with Gasteiger partial charge in [0.15, 0.2) is 0 Å². The molecule has 4 nitrogen and oxygen atoms in total. The Hall–Kier alpha value is -1.39. The van der Waals surface area contributed by atoms with Crippen molar-refractivity contribution < 1.29 is 5.11 Å². The zero-order chi connectivity index (χ0) is 13.6. The van der Waals surface area contributed by atoms with Gasteiger partial charge in [0, 0.05) is 18.4 Å². The van der Waals surface area contributed by atoms with Crippen molar-refractivity contribution in [2.75, 3.05) is 6.61 Å². The van der Waals surface area contributed by atoms with Crippen molar-refractivity contribution in [3.63, 3.8) is 0 Å². The second-order valence-corrected chi connectivity index (χ2v) is 5.82. The van der Waals surface area contributed by atoms with Crippen LogP contribution in [0, 0.1) is 11.8 Å². The summed E-state index contributed by atoms with van der Waals surface area (Å²) >= 11 is 0. The Morgan fingerprint density at radius 3 is 3.05 bits per heavy atom. The number of pyridine rings is 1. The summed E-state index contributed by atoms with van der Waals surface area (Å²) in [7, 11) is 0. The molecule has 0 saturated heterocycles. The summed E-state index contributed by atoms with van der Waals surface area (Å²) in [6.07, 6.45) is 4.64. The number of hydrogen-bond donors (Lipinski definition) is 3. The first-order chi connectivity index (χ1) is 9.08. The van der Waals surface area contributed by atoms with Crippen LogP contribution in [0.1, 0.15) is 31.0 Å². The summed E-state index contributed by atoms with van der Waals surface area (Å²) in [6, 6.07) is 3.40. The molecule has 1 fully saturated rings. The molecule has 2 aliphatic rings. The molecule has 3 atom stereocenters. The number of nitrogens with two attached hydrogens (primary N) is 1. The largest absolute Gasteiger partial charge is 0.396 e. The van der Waals surface area contributed by atoms with E-state index in [-0.39, 0.29) is 18.1 Å². The molecule has 0 radical (unpaired) electrons. The summed E-state index contributed by atoms with van der Waals surface area (Å²) in [6.45, 7) is 2.21. The maximum atomic E-state index is 11.5. The summed E-state index contributed by atoms with van der Waals surface area (Å²) in [5.41, 5.74) is 9.35. The number of allylic oxidation sites excluding steroid dienone is 1. The summed E-state index contributed by atoms with van der Waals surface area (Å²) in [5, 5.41) is 9.48. The van der Waals surface area contributed by atoms with Crippen LogP contribution in [0.4, 0.5) is 0 Å². The third kappa shape index (κ3) is 1.78. The fourth-order valence-electron chi connectivity index (χ4n) is 3.98. The normalized spacial score (nSPS) is 35.2. The first-order valence-corrected chi connectivity index (χ1v) is 6.87. The molecule has 0 aromatic carbocycles. The average molecular weight is 260 g/mol. The molecule has 0 amide bonds. The molecule has 3 rings (SSSR count). The van der Waals surface area contributed by atoms with Crippen LogP contribution in [0.5, 0.6) is 0 Å². The highest BCUT2D eigenvalue weighted by Gasteiger charge is 2.47. The van der Waals surface area contributed by atoms with Crippen LogP contribution in [-0.4, -0.2) is 16.7 Å². The van der Waals surface area contributed by atoms with Crippen LogP contribution >= 0.6 is 0 Å². The molecular weight excluding hydrogens is 240 g/mol. The van der Waals surface area contributed by atoms with Gasteiger partial charge in [-0.15, -0.1) is 0 Å². The van der Waals surface area contributed by atoms with E-state index in [9.17, 15) is 9.90 Å². The fraction of sp³-hybridized carbons (Fsp3) is 0.533. The van der Waals surface area contributed by atoms with Gasteiger partial charge in [-0.05, 0) is 55.2 Å². The first kappa shape index (κ1) is 12.6. The van der Waals surface area contributed by atoms with Gasteiger partial charge in [0.2, 0.25) is 5.56 Å². The van der Waals surface area contributed by atoms with Gasteiger partial charge < -0.3 is 15.8 Å². The number of aliphatic hydroxyl groups is 1. The highest BCUT2D eigenvalue weighted by molar-refractivity contribution is 5.44. The first-order valence-electron chi connectivity index (χ1n) is 6.87. The van der Waals surface area contributed by atoms with Gasteiger partial charge in [0.05, 0.1) is 5.54 Å². The molecule has 102 valence electrons. The van der Waals surface area contributed by atoms with Crippen molar-refractivity contribution in [1.29, 1.82) is 0 Å². The molecule has 1 heterocycles. The molecule has 0 spiro atoms. The Morgan fingerprint density at radius 2 is 2.37 bits per heavy atom. The summed E-state index contributed by atoms with van der Waals surface area (Å²) in [5.74, 6) is 0.588. The van der Waals surface area contributed by atoms with Gasteiger partial charge in [0.1, 0.15) is 0 Å². The fourth-order valence-corrected chi connectivity index (χ4v) is 3.98. The predicted molar refractivity (Wildman–Crippen MR) is 73.7 cm³/mol.